The van der Waals surface area contributed by atoms with E-state index in [2.05, 4.69) is 44.9 Å². The van der Waals surface area contributed by atoms with E-state index in [1.807, 2.05) is 37.3 Å². The minimum Gasteiger partial charge on any atom is -0.494 e. The lowest BCUT2D eigenvalue weighted by Gasteiger charge is -2.36. The van der Waals surface area contributed by atoms with Crippen LogP contribution in [0.4, 0.5) is 5.69 Å². The Labute approximate surface area is 178 Å². The highest BCUT2D eigenvalue weighted by atomic mass is 16.5. The monoisotopic (exact) mass is 410 g/mol. The van der Waals surface area contributed by atoms with Crippen molar-refractivity contribution in [1.82, 2.24) is 15.8 Å². The summed E-state index contributed by atoms with van der Waals surface area (Å²) >= 11 is 0. The van der Waals surface area contributed by atoms with Crippen molar-refractivity contribution in [3.63, 3.8) is 0 Å². The van der Waals surface area contributed by atoms with Crippen molar-refractivity contribution in [1.29, 1.82) is 0 Å². The van der Waals surface area contributed by atoms with Crippen LogP contribution >= 0.6 is 0 Å². The fourth-order valence-corrected chi connectivity index (χ4v) is 3.43. The molecule has 3 rings (SSSR count). The van der Waals surface area contributed by atoms with E-state index in [1.165, 1.54) is 5.69 Å². The predicted octanol–water partition coefficient (Wildman–Crippen LogP) is 1.99. The highest BCUT2D eigenvalue weighted by Crippen LogP contribution is 2.15. The summed E-state index contributed by atoms with van der Waals surface area (Å²) in [6, 6.07) is 17.7. The van der Waals surface area contributed by atoms with Crippen molar-refractivity contribution in [2.24, 2.45) is 0 Å². The molecule has 7 heteroatoms. The molecule has 1 fully saturated rings. The van der Waals surface area contributed by atoms with Crippen LogP contribution in [0.1, 0.15) is 18.9 Å². The van der Waals surface area contributed by atoms with Gasteiger partial charge < -0.3 is 9.64 Å². The van der Waals surface area contributed by atoms with E-state index >= 15 is 0 Å². The summed E-state index contributed by atoms with van der Waals surface area (Å²) in [7, 11) is 0. The molecule has 1 aliphatic heterocycles. The van der Waals surface area contributed by atoms with Crippen molar-refractivity contribution < 1.29 is 14.3 Å². The van der Waals surface area contributed by atoms with Gasteiger partial charge in [0.25, 0.3) is 0 Å². The van der Waals surface area contributed by atoms with Crippen LogP contribution in [0, 0.1) is 0 Å². The number of carbonyl (C=O) groups is 2. The standard InChI is InChI=1S/C23H30N4O3/c1-2-30-21-10-8-19(9-11-21)18-23(29)25-24-22(28)12-13-26-14-16-27(17-15-26)20-6-4-3-5-7-20/h3-11H,2,12-18H2,1H3,(H,24,28)(H,25,29). The Balaban J connectivity index is 1.31. The lowest BCUT2D eigenvalue weighted by atomic mass is 10.1. The minimum atomic E-state index is -0.246. The lowest BCUT2D eigenvalue weighted by molar-refractivity contribution is -0.128. The summed E-state index contributed by atoms with van der Waals surface area (Å²) in [4.78, 5) is 28.7. The maximum absolute atomic E-state index is 12.1. The van der Waals surface area contributed by atoms with E-state index in [0.29, 0.717) is 19.6 Å². The molecule has 1 aliphatic rings. The molecule has 0 unspecified atom stereocenters. The second-order valence-electron chi connectivity index (χ2n) is 7.26. The van der Waals surface area contributed by atoms with Gasteiger partial charge in [-0.15, -0.1) is 0 Å². The molecule has 160 valence electrons. The lowest BCUT2D eigenvalue weighted by Crippen LogP contribution is -2.48. The van der Waals surface area contributed by atoms with Crippen molar-refractivity contribution in [2.45, 2.75) is 19.8 Å². The van der Waals surface area contributed by atoms with E-state index in [9.17, 15) is 9.59 Å². The van der Waals surface area contributed by atoms with Gasteiger partial charge in [0, 0.05) is 44.8 Å². The normalized spacial score (nSPS) is 14.2. The van der Waals surface area contributed by atoms with Gasteiger partial charge in [0.1, 0.15) is 5.75 Å². The molecule has 0 spiro atoms. The highest BCUT2D eigenvalue weighted by molar-refractivity contribution is 5.83. The largest absolute Gasteiger partial charge is 0.494 e. The van der Waals surface area contributed by atoms with Crippen molar-refractivity contribution in [3.05, 3.63) is 60.2 Å². The zero-order valence-electron chi connectivity index (χ0n) is 17.5. The van der Waals surface area contributed by atoms with Gasteiger partial charge in [0.15, 0.2) is 0 Å². The fourth-order valence-electron chi connectivity index (χ4n) is 3.43. The van der Waals surface area contributed by atoms with Crippen LogP contribution in [0.15, 0.2) is 54.6 Å². The smallest absolute Gasteiger partial charge is 0.242 e. The molecule has 1 saturated heterocycles. The number of ether oxygens (including phenoxy) is 1. The third kappa shape index (κ3) is 6.77. The molecule has 2 aromatic carbocycles. The first-order chi connectivity index (χ1) is 14.6. The molecule has 0 aliphatic carbocycles. The molecule has 2 N–H and O–H groups in total. The maximum Gasteiger partial charge on any atom is 0.242 e. The summed E-state index contributed by atoms with van der Waals surface area (Å²) in [5, 5.41) is 0. The number of nitrogens with zero attached hydrogens (tertiary/aromatic N) is 2. The summed E-state index contributed by atoms with van der Waals surface area (Å²) < 4.78 is 5.39. The van der Waals surface area contributed by atoms with Crippen molar-refractivity contribution >= 4 is 17.5 Å². The van der Waals surface area contributed by atoms with Gasteiger partial charge in [-0.2, -0.15) is 0 Å². The zero-order valence-corrected chi connectivity index (χ0v) is 17.5. The van der Waals surface area contributed by atoms with Crippen LogP contribution in [-0.2, 0) is 16.0 Å². The Morgan fingerprint density at radius 3 is 2.23 bits per heavy atom. The average Bonchev–Trinajstić information content (AvgIpc) is 2.79. The van der Waals surface area contributed by atoms with Crippen molar-refractivity contribution in [2.75, 3.05) is 44.2 Å². The Kier molecular flexibility index (Phi) is 8.09. The fraction of sp³-hybridized carbons (Fsp3) is 0.391. The molecule has 0 bridgehead atoms. The van der Waals surface area contributed by atoms with Crippen LogP contribution in [-0.4, -0.2) is 56.0 Å². The quantitative estimate of drug-likeness (QED) is 0.651. The molecule has 2 aromatic rings. The van der Waals surface area contributed by atoms with Gasteiger partial charge in [0.05, 0.1) is 13.0 Å². The Morgan fingerprint density at radius 1 is 0.900 bits per heavy atom. The summed E-state index contributed by atoms with van der Waals surface area (Å²) in [6.45, 7) is 6.96. The van der Waals surface area contributed by atoms with Crippen LogP contribution in [0.5, 0.6) is 5.75 Å². The first-order valence-corrected chi connectivity index (χ1v) is 10.5. The van der Waals surface area contributed by atoms with E-state index < -0.39 is 0 Å². The minimum absolute atomic E-state index is 0.180. The third-order valence-corrected chi connectivity index (χ3v) is 5.09. The highest BCUT2D eigenvalue weighted by Gasteiger charge is 2.17. The van der Waals surface area contributed by atoms with Gasteiger partial charge >= 0.3 is 0 Å². The number of anilines is 1. The number of benzene rings is 2. The molecule has 0 radical (unpaired) electrons. The second kappa shape index (κ2) is 11.2. The second-order valence-corrected chi connectivity index (χ2v) is 7.26. The Hall–Kier alpha value is -3.06. The zero-order chi connectivity index (χ0) is 21.2. The van der Waals surface area contributed by atoms with Gasteiger partial charge in [0.2, 0.25) is 11.8 Å². The third-order valence-electron chi connectivity index (χ3n) is 5.09. The molecule has 1 heterocycles. The average molecular weight is 411 g/mol. The number of piperazine rings is 1. The van der Waals surface area contributed by atoms with E-state index in [1.54, 1.807) is 0 Å². The molecule has 0 atom stereocenters. The van der Waals surface area contributed by atoms with Crippen LogP contribution in [0.25, 0.3) is 0 Å². The number of hydrogen-bond acceptors (Lipinski definition) is 5. The van der Waals surface area contributed by atoms with E-state index in [4.69, 9.17) is 4.74 Å². The number of para-hydroxylation sites is 1. The summed E-state index contributed by atoms with van der Waals surface area (Å²) in [5.74, 6) is 0.351. The maximum atomic E-state index is 12.1. The van der Waals surface area contributed by atoms with Gasteiger partial charge in [-0.05, 0) is 36.8 Å². The van der Waals surface area contributed by atoms with Crippen LogP contribution in [0.2, 0.25) is 0 Å². The first kappa shape index (κ1) is 21.6. The van der Waals surface area contributed by atoms with Crippen LogP contribution < -0.4 is 20.5 Å². The van der Waals surface area contributed by atoms with Crippen LogP contribution in [0.3, 0.4) is 0 Å². The van der Waals surface area contributed by atoms with E-state index in [-0.39, 0.29) is 18.2 Å². The number of carbonyl (C=O) groups excluding carboxylic acids is 2. The van der Waals surface area contributed by atoms with Gasteiger partial charge in [-0.3, -0.25) is 25.3 Å². The first-order valence-electron chi connectivity index (χ1n) is 10.5. The molecular weight excluding hydrogens is 380 g/mol. The van der Waals surface area contributed by atoms with Gasteiger partial charge in [-0.1, -0.05) is 30.3 Å². The molecule has 0 aromatic heterocycles. The molecular formula is C23H30N4O3. The number of hydrogen-bond donors (Lipinski definition) is 2. The Morgan fingerprint density at radius 2 is 1.57 bits per heavy atom. The number of rotatable bonds is 8. The SMILES string of the molecule is CCOc1ccc(CC(=O)NNC(=O)CCN2CCN(c3ccccc3)CC2)cc1. The molecule has 30 heavy (non-hydrogen) atoms. The Bertz CT molecular complexity index is 803. The number of hydrazine groups is 1. The predicted molar refractivity (Wildman–Crippen MR) is 117 cm³/mol. The van der Waals surface area contributed by atoms with Crippen molar-refractivity contribution in [3.8, 4) is 5.75 Å². The number of amides is 2. The molecule has 7 nitrogen and oxygen atoms in total. The number of nitrogens with one attached hydrogen (secondary N) is 2. The molecule has 0 saturated carbocycles. The summed E-state index contributed by atoms with van der Waals surface area (Å²) in [5.41, 5.74) is 7.10. The molecule has 2 amide bonds. The topological polar surface area (TPSA) is 73.9 Å². The van der Waals surface area contributed by atoms with Gasteiger partial charge in [-0.25, -0.2) is 0 Å². The summed E-state index contributed by atoms with van der Waals surface area (Å²) in [6.07, 6.45) is 0.558. The van der Waals surface area contributed by atoms with E-state index in [0.717, 1.165) is 37.5 Å².